The van der Waals surface area contributed by atoms with E-state index < -0.39 is 11.2 Å². The highest BCUT2D eigenvalue weighted by Crippen LogP contribution is 2.39. The lowest BCUT2D eigenvalue weighted by Gasteiger charge is -2.37. The van der Waals surface area contributed by atoms with Gasteiger partial charge in [0.05, 0.1) is 5.60 Å². The number of fused-ring (bicyclic) bond motifs is 3. The molecule has 0 bridgehead atoms. The van der Waals surface area contributed by atoms with E-state index in [0.717, 1.165) is 12.2 Å². The molecule has 0 amide bonds. The van der Waals surface area contributed by atoms with E-state index in [2.05, 4.69) is 38.2 Å². The zero-order valence-corrected chi connectivity index (χ0v) is 14.0. The van der Waals surface area contributed by atoms with Gasteiger partial charge >= 0.3 is 0 Å². The van der Waals surface area contributed by atoms with Gasteiger partial charge < -0.3 is 9.84 Å². The molecule has 0 spiro atoms. The molecule has 0 heterocycles. The average molecular weight is 294 g/mol. The predicted molar refractivity (Wildman–Crippen MR) is 93.9 cm³/mol. The van der Waals surface area contributed by atoms with E-state index in [1.54, 1.807) is 13.8 Å². The maximum Gasteiger partial charge on any atom is 0.139 e. The van der Waals surface area contributed by atoms with Crippen molar-refractivity contribution in [2.75, 3.05) is 0 Å². The van der Waals surface area contributed by atoms with Crippen LogP contribution < -0.4 is 10.2 Å². The number of benzene rings is 2. The van der Waals surface area contributed by atoms with Crippen LogP contribution in [0.2, 0.25) is 0 Å². The van der Waals surface area contributed by atoms with E-state index in [1.807, 2.05) is 19.9 Å². The van der Waals surface area contributed by atoms with Gasteiger partial charge in [0.1, 0.15) is 19.2 Å². The van der Waals surface area contributed by atoms with Crippen LogP contribution in [0.4, 0.5) is 0 Å². The van der Waals surface area contributed by atoms with Crippen molar-refractivity contribution < 1.29 is 9.84 Å². The average Bonchev–Trinajstić information content (AvgIpc) is 2.73. The third-order valence-corrected chi connectivity index (χ3v) is 4.85. The highest BCUT2D eigenvalue weighted by Gasteiger charge is 2.37. The Balaban J connectivity index is 1.92. The number of hydrogen-bond donors (Lipinski definition) is 1. The van der Waals surface area contributed by atoms with Crippen molar-refractivity contribution in [3.63, 3.8) is 0 Å². The van der Waals surface area contributed by atoms with Crippen LogP contribution in [0.1, 0.15) is 38.8 Å². The monoisotopic (exact) mass is 294 g/mol. The number of hydrogen-bond acceptors (Lipinski definition) is 2. The molecular formula is C19H23BO2. The Morgan fingerprint density at radius 1 is 0.955 bits per heavy atom. The summed E-state index contributed by atoms with van der Waals surface area (Å²) in [6, 6.07) is 12.9. The van der Waals surface area contributed by atoms with E-state index in [-0.39, 0.29) is 0 Å². The number of ether oxygens (including phenoxy) is 1. The van der Waals surface area contributed by atoms with Gasteiger partial charge in [0.2, 0.25) is 0 Å². The van der Waals surface area contributed by atoms with Crippen LogP contribution in [0.15, 0.2) is 36.4 Å². The van der Waals surface area contributed by atoms with E-state index in [4.69, 9.17) is 4.74 Å². The SMILES string of the molecule is Bc1ccc2c(c1)Cc1cc(OC(C)(C)C(C)(C)O)ccc1-2. The molecule has 0 aliphatic heterocycles. The lowest BCUT2D eigenvalue weighted by molar-refractivity contribution is -0.0906. The summed E-state index contributed by atoms with van der Waals surface area (Å²) < 4.78 is 6.06. The quantitative estimate of drug-likeness (QED) is 0.752. The highest BCUT2D eigenvalue weighted by molar-refractivity contribution is 6.32. The summed E-state index contributed by atoms with van der Waals surface area (Å²) in [4.78, 5) is 0. The van der Waals surface area contributed by atoms with Crippen molar-refractivity contribution in [3.05, 3.63) is 47.5 Å². The van der Waals surface area contributed by atoms with Crippen LogP contribution in [-0.4, -0.2) is 24.2 Å². The van der Waals surface area contributed by atoms with Gasteiger partial charge in [0.25, 0.3) is 0 Å². The fraction of sp³-hybridized carbons (Fsp3) is 0.368. The Morgan fingerprint density at radius 3 is 2.18 bits per heavy atom. The van der Waals surface area contributed by atoms with Gasteiger partial charge in [-0.25, -0.2) is 0 Å². The van der Waals surface area contributed by atoms with Gasteiger partial charge in [-0.05, 0) is 68.5 Å². The minimum Gasteiger partial charge on any atom is -0.485 e. The molecule has 2 nitrogen and oxygen atoms in total. The van der Waals surface area contributed by atoms with Crippen LogP contribution in [0.3, 0.4) is 0 Å². The summed E-state index contributed by atoms with van der Waals surface area (Å²) in [7, 11) is 2.13. The second-order valence-electron chi connectivity index (χ2n) is 7.33. The lowest BCUT2D eigenvalue weighted by atomic mass is 9.89. The van der Waals surface area contributed by atoms with E-state index in [9.17, 15) is 5.11 Å². The maximum atomic E-state index is 10.2. The number of aliphatic hydroxyl groups is 1. The van der Waals surface area contributed by atoms with Gasteiger partial charge in [-0.3, -0.25) is 0 Å². The minimum atomic E-state index is -0.911. The second-order valence-corrected chi connectivity index (χ2v) is 7.33. The molecule has 0 unspecified atom stereocenters. The fourth-order valence-corrected chi connectivity index (χ4v) is 2.80. The van der Waals surface area contributed by atoms with Gasteiger partial charge in [0, 0.05) is 0 Å². The van der Waals surface area contributed by atoms with E-state index in [1.165, 1.54) is 27.7 Å². The molecule has 0 atom stereocenters. The highest BCUT2D eigenvalue weighted by atomic mass is 16.5. The van der Waals surface area contributed by atoms with Crippen molar-refractivity contribution in [2.45, 2.75) is 45.3 Å². The first-order valence-electron chi connectivity index (χ1n) is 7.82. The number of rotatable bonds is 3. The summed E-state index contributed by atoms with van der Waals surface area (Å²) in [5, 5.41) is 10.2. The summed E-state index contributed by atoms with van der Waals surface area (Å²) in [5.41, 5.74) is 5.04. The molecule has 3 heteroatoms. The standard InChI is InChI=1S/C19H23BO2/c1-18(2,21)19(3,4)22-15-6-8-17-13(11-15)9-12-10-14(20)5-7-16(12)17/h5-8,10-11,21H,9,20H2,1-4H3. The largest absolute Gasteiger partial charge is 0.485 e. The molecule has 3 rings (SSSR count). The summed E-state index contributed by atoms with van der Waals surface area (Å²) >= 11 is 0. The molecule has 0 saturated heterocycles. The Hall–Kier alpha value is -1.74. The van der Waals surface area contributed by atoms with Gasteiger partial charge in [0.15, 0.2) is 0 Å². The van der Waals surface area contributed by atoms with Crippen LogP contribution in [0.5, 0.6) is 5.75 Å². The second kappa shape index (κ2) is 4.89. The Labute approximate surface area is 133 Å². The van der Waals surface area contributed by atoms with E-state index in [0.29, 0.717) is 0 Å². The molecule has 0 saturated carbocycles. The molecule has 114 valence electrons. The molecule has 0 fully saturated rings. The first-order valence-corrected chi connectivity index (χ1v) is 7.82. The molecule has 0 radical (unpaired) electrons. The Bertz CT molecular complexity index is 727. The molecule has 2 aromatic rings. The maximum absolute atomic E-state index is 10.2. The third kappa shape index (κ3) is 2.54. The Kier molecular flexibility index (Phi) is 3.37. The van der Waals surface area contributed by atoms with Crippen molar-refractivity contribution >= 4 is 13.3 Å². The van der Waals surface area contributed by atoms with Gasteiger partial charge in [-0.15, -0.1) is 0 Å². The third-order valence-electron chi connectivity index (χ3n) is 4.85. The van der Waals surface area contributed by atoms with Crippen molar-refractivity contribution in [1.82, 2.24) is 0 Å². The molecule has 1 aliphatic rings. The van der Waals surface area contributed by atoms with Crippen LogP contribution >= 0.6 is 0 Å². The van der Waals surface area contributed by atoms with Crippen molar-refractivity contribution in [3.8, 4) is 16.9 Å². The van der Waals surface area contributed by atoms with Crippen LogP contribution in [-0.2, 0) is 6.42 Å². The summed E-state index contributed by atoms with van der Waals surface area (Å²) in [6.07, 6.45) is 0.951. The smallest absolute Gasteiger partial charge is 0.139 e. The summed E-state index contributed by atoms with van der Waals surface area (Å²) in [6.45, 7) is 7.38. The van der Waals surface area contributed by atoms with Crippen LogP contribution in [0, 0.1) is 0 Å². The zero-order valence-electron chi connectivity index (χ0n) is 14.0. The van der Waals surface area contributed by atoms with Crippen LogP contribution in [0.25, 0.3) is 11.1 Å². The van der Waals surface area contributed by atoms with Crippen molar-refractivity contribution in [2.24, 2.45) is 0 Å². The van der Waals surface area contributed by atoms with Crippen molar-refractivity contribution in [1.29, 1.82) is 0 Å². The first kappa shape index (κ1) is 15.2. The molecule has 22 heavy (non-hydrogen) atoms. The van der Waals surface area contributed by atoms with Gasteiger partial charge in [-0.1, -0.05) is 29.7 Å². The first-order chi connectivity index (χ1) is 10.2. The van der Waals surface area contributed by atoms with Gasteiger partial charge in [-0.2, -0.15) is 0 Å². The molecule has 2 aromatic carbocycles. The normalized spacial score (nSPS) is 13.7. The topological polar surface area (TPSA) is 29.5 Å². The zero-order chi connectivity index (χ0) is 16.1. The van der Waals surface area contributed by atoms with E-state index >= 15 is 0 Å². The fourth-order valence-electron chi connectivity index (χ4n) is 2.80. The lowest BCUT2D eigenvalue weighted by Crippen LogP contribution is -2.49. The molecule has 1 N–H and O–H groups in total. The molecule has 1 aliphatic carbocycles. The predicted octanol–water partition coefficient (Wildman–Crippen LogP) is 2.44. The molecule has 0 aromatic heterocycles. The molecular weight excluding hydrogens is 271 g/mol. The Morgan fingerprint density at radius 2 is 1.55 bits per heavy atom. The minimum absolute atomic E-state index is 0.650. The summed E-state index contributed by atoms with van der Waals surface area (Å²) in [5.74, 6) is 0.815.